The van der Waals surface area contributed by atoms with Crippen LogP contribution in [0.1, 0.15) is 31.8 Å². The molecule has 6 heteroatoms. The van der Waals surface area contributed by atoms with E-state index in [-0.39, 0.29) is 21.2 Å². The molecule has 1 N–H and O–H groups in total. The van der Waals surface area contributed by atoms with Crippen molar-refractivity contribution in [2.24, 2.45) is 0 Å². The number of hydrogen-bond acceptors (Lipinski definition) is 3. The summed E-state index contributed by atoms with van der Waals surface area (Å²) in [5.41, 5.74) is 2.24. The summed E-state index contributed by atoms with van der Waals surface area (Å²) < 4.78 is 0. The molecule has 0 aliphatic rings. The van der Waals surface area contributed by atoms with E-state index < -0.39 is 11.9 Å². The lowest BCUT2D eigenvalue weighted by Gasteiger charge is -2.13. The highest BCUT2D eigenvalue weighted by Gasteiger charge is 2.15. The molecule has 0 radical (unpaired) electrons. The molecule has 2 aromatic carbocycles. The van der Waals surface area contributed by atoms with Gasteiger partial charge in [-0.05, 0) is 49.2 Å². The number of carbonyl (C=O) groups excluding carboxylic acids is 2. The van der Waals surface area contributed by atoms with E-state index in [9.17, 15) is 14.7 Å². The number of hydrogen-bond donors (Lipinski definition) is 1. The molecule has 0 atom stereocenters. The maximum atomic E-state index is 12.3. The Bertz CT molecular complexity index is 772. The van der Waals surface area contributed by atoms with Crippen LogP contribution < -0.4 is 10.4 Å². The minimum absolute atomic E-state index is 0.0450. The Morgan fingerprint density at radius 1 is 0.955 bits per heavy atom. The van der Waals surface area contributed by atoms with E-state index in [1.54, 1.807) is 12.1 Å². The molecule has 22 heavy (non-hydrogen) atoms. The van der Waals surface area contributed by atoms with Crippen LogP contribution in [0.4, 0.5) is 5.69 Å². The minimum atomic E-state index is -1.50. The molecular formula is C16H12Cl2NO3-. The number of carbonyl (C=O) groups is 2. The zero-order chi connectivity index (χ0) is 16.4. The van der Waals surface area contributed by atoms with Gasteiger partial charge in [0.15, 0.2) is 0 Å². The quantitative estimate of drug-likeness (QED) is 0.935. The van der Waals surface area contributed by atoms with Crippen LogP contribution in [0.5, 0.6) is 0 Å². The van der Waals surface area contributed by atoms with Crippen molar-refractivity contribution in [3.63, 3.8) is 0 Å². The predicted molar refractivity (Wildman–Crippen MR) is 84.7 cm³/mol. The van der Waals surface area contributed by atoms with Crippen molar-refractivity contribution < 1.29 is 14.7 Å². The number of aromatic carboxylic acids is 1. The Morgan fingerprint density at radius 3 is 2.09 bits per heavy atom. The highest BCUT2D eigenvalue weighted by Crippen LogP contribution is 2.26. The van der Waals surface area contributed by atoms with Gasteiger partial charge in [-0.3, -0.25) is 4.79 Å². The van der Waals surface area contributed by atoms with Gasteiger partial charge in [-0.1, -0.05) is 29.3 Å². The summed E-state index contributed by atoms with van der Waals surface area (Å²) in [7, 11) is 0. The van der Waals surface area contributed by atoms with Crippen LogP contribution in [0.15, 0.2) is 30.3 Å². The maximum absolute atomic E-state index is 12.3. The summed E-state index contributed by atoms with van der Waals surface area (Å²) in [6.07, 6.45) is 0. The van der Waals surface area contributed by atoms with Crippen LogP contribution in [-0.2, 0) is 0 Å². The number of nitrogens with one attached hydrogen (secondary N) is 1. The summed E-state index contributed by atoms with van der Waals surface area (Å²) in [6.45, 7) is 3.87. The molecule has 0 saturated carbocycles. The summed E-state index contributed by atoms with van der Waals surface area (Å²) in [4.78, 5) is 23.4. The van der Waals surface area contributed by atoms with Crippen LogP contribution in [0.2, 0.25) is 10.0 Å². The lowest BCUT2D eigenvalue weighted by atomic mass is 10.1. The van der Waals surface area contributed by atoms with E-state index in [4.69, 9.17) is 23.2 Å². The highest BCUT2D eigenvalue weighted by molar-refractivity contribution is 6.42. The van der Waals surface area contributed by atoms with Crippen LogP contribution in [0, 0.1) is 13.8 Å². The average molecular weight is 337 g/mol. The van der Waals surface area contributed by atoms with Crippen LogP contribution in [-0.4, -0.2) is 11.9 Å². The molecule has 0 aliphatic carbocycles. The Labute approximate surface area is 137 Å². The number of rotatable bonds is 3. The first-order valence-electron chi connectivity index (χ1n) is 6.38. The Kier molecular flexibility index (Phi) is 4.74. The van der Waals surface area contributed by atoms with E-state index in [0.29, 0.717) is 5.69 Å². The van der Waals surface area contributed by atoms with E-state index in [1.807, 2.05) is 19.9 Å². The lowest BCUT2D eigenvalue weighted by molar-refractivity contribution is -0.255. The second kappa shape index (κ2) is 6.38. The third kappa shape index (κ3) is 3.40. The van der Waals surface area contributed by atoms with Crippen LogP contribution >= 0.6 is 23.2 Å². The van der Waals surface area contributed by atoms with Crippen molar-refractivity contribution in [1.82, 2.24) is 0 Å². The minimum Gasteiger partial charge on any atom is -0.545 e. The van der Waals surface area contributed by atoms with Gasteiger partial charge in [0.25, 0.3) is 5.91 Å². The van der Waals surface area contributed by atoms with Crippen molar-refractivity contribution >= 4 is 40.8 Å². The van der Waals surface area contributed by atoms with Gasteiger partial charge < -0.3 is 15.2 Å². The normalized spacial score (nSPS) is 10.4. The van der Waals surface area contributed by atoms with Crippen molar-refractivity contribution in [2.45, 2.75) is 13.8 Å². The SMILES string of the molecule is Cc1ccc(NC(=O)c2cc(Cl)c(Cl)cc2C(=O)[O-])cc1C. The van der Waals surface area contributed by atoms with Crippen molar-refractivity contribution in [2.75, 3.05) is 5.32 Å². The zero-order valence-corrected chi connectivity index (χ0v) is 13.4. The molecule has 0 aromatic heterocycles. The largest absolute Gasteiger partial charge is 0.545 e. The molecule has 2 aromatic rings. The second-order valence-corrected chi connectivity index (χ2v) is 5.67. The monoisotopic (exact) mass is 336 g/mol. The van der Waals surface area contributed by atoms with E-state index in [2.05, 4.69) is 5.32 Å². The fraction of sp³-hybridized carbons (Fsp3) is 0.125. The number of halogens is 2. The fourth-order valence-electron chi connectivity index (χ4n) is 1.92. The topological polar surface area (TPSA) is 69.2 Å². The van der Waals surface area contributed by atoms with E-state index in [1.165, 1.54) is 6.07 Å². The van der Waals surface area contributed by atoms with Gasteiger partial charge in [-0.25, -0.2) is 0 Å². The average Bonchev–Trinajstić information content (AvgIpc) is 2.45. The lowest BCUT2D eigenvalue weighted by Crippen LogP contribution is -2.26. The van der Waals surface area contributed by atoms with Gasteiger partial charge >= 0.3 is 0 Å². The van der Waals surface area contributed by atoms with Gasteiger partial charge in [0.2, 0.25) is 0 Å². The van der Waals surface area contributed by atoms with Gasteiger partial charge in [0.1, 0.15) is 0 Å². The summed E-state index contributed by atoms with van der Waals surface area (Å²) in [5.74, 6) is -2.09. The first-order chi connectivity index (χ1) is 10.3. The molecule has 1 amide bonds. The first kappa shape index (κ1) is 16.3. The number of anilines is 1. The molecule has 114 valence electrons. The summed E-state index contributed by atoms with van der Waals surface area (Å²) in [6, 6.07) is 7.71. The van der Waals surface area contributed by atoms with E-state index >= 15 is 0 Å². The number of carboxylic acid groups (broad SMARTS) is 1. The molecule has 0 bridgehead atoms. The Hall–Kier alpha value is -2.04. The number of benzene rings is 2. The Balaban J connectivity index is 2.38. The van der Waals surface area contributed by atoms with Crippen LogP contribution in [0.3, 0.4) is 0 Å². The van der Waals surface area contributed by atoms with Gasteiger partial charge in [0.05, 0.1) is 21.6 Å². The Morgan fingerprint density at radius 2 is 1.55 bits per heavy atom. The molecule has 4 nitrogen and oxygen atoms in total. The number of amides is 1. The van der Waals surface area contributed by atoms with Gasteiger partial charge in [-0.2, -0.15) is 0 Å². The van der Waals surface area contributed by atoms with Gasteiger partial charge in [-0.15, -0.1) is 0 Å². The third-order valence-electron chi connectivity index (χ3n) is 3.29. The first-order valence-corrected chi connectivity index (χ1v) is 7.14. The molecule has 0 heterocycles. The van der Waals surface area contributed by atoms with Crippen molar-refractivity contribution in [3.8, 4) is 0 Å². The highest BCUT2D eigenvalue weighted by atomic mass is 35.5. The van der Waals surface area contributed by atoms with Crippen molar-refractivity contribution in [1.29, 1.82) is 0 Å². The molecule has 0 spiro atoms. The molecule has 0 aliphatic heterocycles. The number of carboxylic acids is 1. The summed E-state index contributed by atoms with van der Waals surface area (Å²) >= 11 is 11.6. The molecule has 2 rings (SSSR count). The molecule has 0 unspecified atom stereocenters. The molecule has 0 fully saturated rings. The predicted octanol–water partition coefficient (Wildman–Crippen LogP) is 3.23. The maximum Gasteiger partial charge on any atom is 0.256 e. The van der Waals surface area contributed by atoms with Crippen molar-refractivity contribution in [3.05, 3.63) is 62.6 Å². The summed E-state index contributed by atoms with van der Waals surface area (Å²) in [5, 5.41) is 13.9. The molecule has 0 saturated heterocycles. The third-order valence-corrected chi connectivity index (χ3v) is 4.01. The van der Waals surface area contributed by atoms with E-state index in [0.717, 1.165) is 17.2 Å². The smallest absolute Gasteiger partial charge is 0.256 e. The second-order valence-electron chi connectivity index (χ2n) is 4.85. The van der Waals surface area contributed by atoms with Gasteiger partial charge in [0, 0.05) is 11.3 Å². The zero-order valence-electron chi connectivity index (χ0n) is 11.9. The molecular weight excluding hydrogens is 325 g/mol. The fourth-order valence-corrected chi connectivity index (χ4v) is 2.25. The van der Waals surface area contributed by atoms with Crippen LogP contribution in [0.25, 0.3) is 0 Å². The number of aryl methyl sites for hydroxylation is 2. The standard InChI is InChI=1S/C16H13Cl2NO3/c1-8-3-4-10(5-9(8)2)19-15(20)11-6-13(17)14(18)7-12(11)16(21)22/h3-7H,1-2H3,(H,19,20)(H,21,22)/p-1.